The molecular weight excluding hydrogens is 428 g/mol. The minimum absolute atomic E-state index is 0.260. The number of pyridine rings is 2. The highest BCUT2D eigenvalue weighted by atomic mass is 16.5. The molecule has 5 aromatic rings. The summed E-state index contributed by atoms with van der Waals surface area (Å²) in [5.74, 6) is 0.822. The lowest BCUT2D eigenvalue weighted by molar-refractivity contribution is -0.111. The quantitative estimate of drug-likeness (QED) is 0.348. The predicted molar refractivity (Wildman–Crippen MR) is 132 cm³/mol. The van der Waals surface area contributed by atoms with Crippen LogP contribution >= 0.6 is 0 Å². The van der Waals surface area contributed by atoms with E-state index in [2.05, 4.69) is 15.3 Å². The zero-order valence-electron chi connectivity index (χ0n) is 18.5. The van der Waals surface area contributed by atoms with E-state index in [1.54, 1.807) is 37.6 Å². The van der Waals surface area contributed by atoms with E-state index in [9.17, 15) is 4.79 Å². The van der Waals surface area contributed by atoms with Crippen LogP contribution in [0.1, 0.15) is 11.3 Å². The molecule has 7 nitrogen and oxygen atoms in total. The minimum atomic E-state index is -0.260. The molecule has 0 atom stereocenters. The number of methoxy groups -OCH3 is 1. The van der Waals surface area contributed by atoms with Gasteiger partial charge in [-0.15, -0.1) is 0 Å². The van der Waals surface area contributed by atoms with Crippen LogP contribution in [0.3, 0.4) is 0 Å². The monoisotopic (exact) mass is 450 g/mol. The summed E-state index contributed by atoms with van der Waals surface area (Å²) in [7, 11) is 1.58. The second kappa shape index (κ2) is 9.46. The number of imidazole rings is 1. The number of para-hydroxylation sites is 1. The van der Waals surface area contributed by atoms with Crippen molar-refractivity contribution in [3.8, 4) is 11.5 Å². The number of carbonyl (C=O) groups is 1. The van der Waals surface area contributed by atoms with E-state index in [0.717, 1.165) is 27.8 Å². The van der Waals surface area contributed by atoms with Crippen molar-refractivity contribution in [2.75, 3.05) is 12.4 Å². The lowest BCUT2D eigenvalue weighted by atomic mass is 10.1. The van der Waals surface area contributed by atoms with Gasteiger partial charge in [-0.25, -0.2) is 4.98 Å². The molecule has 1 amide bonds. The lowest BCUT2D eigenvalue weighted by Gasteiger charge is -2.12. The van der Waals surface area contributed by atoms with Crippen molar-refractivity contribution in [1.82, 2.24) is 14.4 Å². The highest BCUT2D eigenvalue weighted by Gasteiger charge is 2.09. The average molecular weight is 450 g/mol. The van der Waals surface area contributed by atoms with Crippen molar-refractivity contribution < 1.29 is 14.3 Å². The molecule has 1 N–H and O–H groups in total. The van der Waals surface area contributed by atoms with E-state index in [1.807, 2.05) is 65.3 Å². The Hall–Kier alpha value is -4.65. The number of hydrogen-bond acceptors (Lipinski definition) is 5. The van der Waals surface area contributed by atoms with Crippen LogP contribution in [0, 0.1) is 0 Å². The minimum Gasteiger partial charge on any atom is -0.493 e. The molecule has 0 unspecified atom stereocenters. The molecule has 0 fully saturated rings. The normalized spacial score (nSPS) is 11.2. The van der Waals surface area contributed by atoms with Gasteiger partial charge < -0.3 is 19.2 Å². The van der Waals surface area contributed by atoms with E-state index in [-0.39, 0.29) is 12.5 Å². The molecule has 0 radical (unpaired) electrons. The Balaban J connectivity index is 1.29. The summed E-state index contributed by atoms with van der Waals surface area (Å²) in [5, 5.41) is 3.89. The van der Waals surface area contributed by atoms with Crippen molar-refractivity contribution >= 4 is 34.2 Å². The number of carbonyl (C=O) groups excluding carboxylic acids is 1. The Morgan fingerprint density at radius 2 is 1.97 bits per heavy atom. The second-order valence-electron chi connectivity index (χ2n) is 7.60. The first-order valence-corrected chi connectivity index (χ1v) is 10.8. The number of amides is 1. The summed E-state index contributed by atoms with van der Waals surface area (Å²) in [5.41, 5.74) is 3.95. The third kappa shape index (κ3) is 4.59. The van der Waals surface area contributed by atoms with Crippen molar-refractivity contribution in [2.45, 2.75) is 6.61 Å². The molecule has 0 saturated heterocycles. The van der Waals surface area contributed by atoms with Crippen LogP contribution in [-0.4, -0.2) is 27.4 Å². The number of benzene rings is 2. The van der Waals surface area contributed by atoms with Gasteiger partial charge in [-0.3, -0.25) is 9.78 Å². The van der Waals surface area contributed by atoms with E-state index in [0.29, 0.717) is 17.2 Å². The summed E-state index contributed by atoms with van der Waals surface area (Å²) in [4.78, 5) is 21.5. The number of fused-ring (bicyclic) bond motifs is 2. The molecule has 168 valence electrons. The first kappa shape index (κ1) is 21.2. The molecule has 3 aromatic heterocycles. The van der Waals surface area contributed by atoms with Crippen LogP contribution in [0.25, 0.3) is 22.6 Å². The first-order valence-electron chi connectivity index (χ1n) is 10.8. The Bertz CT molecular complexity index is 1470. The maximum absolute atomic E-state index is 12.6. The van der Waals surface area contributed by atoms with Crippen molar-refractivity contribution in [1.29, 1.82) is 0 Å². The Kier molecular flexibility index (Phi) is 5.90. The van der Waals surface area contributed by atoms with Crippen LogP contribution in [0.4, 0.5) is 5.69 Å². The number of ether oxygens (including phenoxy) is 2. The van der Waals surface area contributed by atoms with E-state index >= 15 is 0 Å². The van der Waals surface area contributed by atoms with Gasteiger partial charge in [0.1, 0.15) is 12.3 Å². The summed E-state index contributed by atoms with van der Waals surface area (Å²) in [6, 6.07) is 20.8. The fourth-order valence-electron chi connectivity index (χ4n) is 3.69. The second-order valence-corrected chi connectivity index (χ2v) is 7.60. The molecule has 0 aliphatic carbocycles. The van der Waals surface area contributed by atoms with Gasteiger partial charge in [0.2, 0.25) is 5.91 Å². The highest BCUT2D eigenvalue weighted by Crippen LogP contribution is 2.31. The zero-order chi connectivity index (χ0) is 23.3. The highest BCUT2D eigenvalue weighted by molar-refractivity contribution is 6.03. The zero-order valence-corrected chi connectivity index (χ0v) is 18.5. The van der Waals surface area contributed by atoms with Gasteiger partial charge in [0.05, 0.1) is 18.3 Å². The molecule has 0 aliphatic rings. The largest absolute Gasteiger partial charge is 0.493 e. The Morgan fingerprint density at radius 1 is 1.06 bits per heavy atom. The molecule has 5 rings (SSSR count). The number of hydrogen-bond donors (Lipinski definition) is 1. The smallest absolute Gasteiger partial charge is 0.248 e. The third-order valence-electron chi connectivity index (χ3n) is 5.30. The molecule has 2 aromatic carbocycles. The number of nitrogens with zero attached hydrogens (tertiary/aromatic N) is 3. The van der Waals surface area contributed by atoms with Crippen LogP contribution in [0.2, 0.25) is 0 Å². The first-order chi connectivity index (χ1) is 16.7. The Morgan fingerprint density at radius 3 is 2.85 bits per heavy atom. The molecule has 0 spiro atoms. The lowest BCUT2D eigenvalue weighted by Crippen LogP contribution is -2.08. The third-order valence-corrected chi connectivity index (χ3v) is 5.30. The van der Waals surface area contributed by atoms with Gasteiger partial charge in [0.25, 0.3) is 0 Å². The number of nitrogens with one attached hydrogen (secondary N) is 1. The molecule has 7 heteroatoms. The van der Waals surface area contributed by atoms with E-state index in [4.69, 9.17) is 9.47 Å². The molecule has 3 heterocycles. The summed E-state index contributed by atoms with van der Waals surface area (Å²) < 4.78 is 13.3. The number of aromatic nitrogens is 3. The van der Waals surface area contributed by atoms with Crippen LogP contribution in [0.5, 0.6) is 11.5 Å². The predicted octanol–water partition coefficient (Wildman–Crippen LogP) is 5.12. The van der Waals surface area contributed by atoms with Gasteiger partial charge >= 0.3 is 0 Å². The van der Waals surface area contributed by atoms with Crippen LogP contribution in [0.15, 0.2) is 91.4 Å². The SMILES string of the molecule is COc1ccc(NC(=O)/C=C/c2cccc3cccnc23)cc1OCc1cn2ccccc2n1. The van der Waals surface area contributed by atoms with Gasteiger partial charge in [-0.1, -0.05) is 30.3 Å². The topological polar surface area (TPSA) is 77.8 Å². The number of rotatable bonds is 7. The van der Waals surface area contributed by atoms with Gasteiger partial charge in [-0.2, -0.15) is 0 Å². The molecular formula is C27H22N4O3. The maximum Gasteiger partial charge on any atom is 0.248 e. The van der Waals surface area contributed by atoms with Gasteiger partial charge in [-0.05, 0) is 36.4 Å². The average Bonchev–Trinajstić information content (AvgIpc) is 3.29. The van der Waals surface area contributed by atoms with Crippen LogP contribution < -0.4 is 14.8 Å². The van der Waals surface area contributed by atoms with Crippen LogP contribution in [-0.2, 0) is 11.4 Å². The fourth-order valence-corrected chi connectivity index (χ4v) is 3.69. The van der Waals surface area contributed by atoms with Crippen molar-refractivity contribution in [2.24, 2.45) is 0 Å². The summed E-state index contributed by atoms with van der Waals surface area (Å²) in [6.45, 7) is 0.267. The van der Waals surface area contributed by atoms with Crippen molar-refractivity contribution in [3.05, 3.63) is 103 Å². The Labute approximate surface area is 196 Å². The summed E-state index contributed by atoms with van der Waals surface area (Å²) >= 11 is 0. The molecule has 34 heavy (non-hydrogen) atoms. The van der Waals surface area contributed by atoms with Gasteiger partial charge in [0, 0.05) is 47.4 Å². The molecule has 0 saturated carbocycles. The van der Waals surface area contributed by atoms with Crippen molar-refractivity contribution in [3.63, 3.8) is 0 Å². The summed E-state index contributed by atoms with van der Waals surface area (Å²) in [6.07, 6.45) is 8.84. The maximum atomic E-state index is 12.6. The molecule has 0 aliphatic heterocycles. The standard InChI is InChI=1S/C27H22N4O3/c1-33-23-12-11-21(16-24(23)34-18-22-17-31-15-3-2-9-25(31)29-22)30-26(32)13-10-20-7-4-6-19-8-5-14-28-27(19)20/h2-17H,18H2,1H3,(H,30,32)/b13-10+. The van der Waals surface area contributed by atoms with E-state index in [1.165, 1.54) is 6.08 Å². The molecule has 0 bridgehead atoms. The van der Waals surface area contributed by atoms with E-state index < -0.39 is 0 Å². The number of anilines is 1. The van der Waals surface area contributed by atoms with Gasteiger partial charge in [0.15, 0.2) is 11.5 Å². The fraction of sp³-hybridized carbons (Fsp3) is 0.0741.